The first-order valence-corrected chi connectivity index (χ1v) is 15.5. The van der Waals surface area contributed by atoms with Crippen LogP contribution in [0.3, 0.4) is 0 Å². The van der Waals surface area contributed by atoms with Gasteiger partial charge < -0.3 is 29.7 Å². The minimum absolute atomic E-state index is 0.0466. The Morgan fingerprint density at radius 3 is 2.77 bits per heavy atom. The van der Waals surface area contributed by atoms with Gasteiger partial charge in [0.05, 0.1) is 13.2 Å². The molecule has 1 saturated heterocycles. The highest BCUT2D eigenvalue weighted by Crippen LogP contribution is 2.33. The normalized spacial score (nSPS) is 18.1. The second-order valence-corrected chi connectivity index (χ2v) is 11.5. The standard InChI is InChI=1S/C36H35FN4O6/c1-45-32-9-8-26-17-30(32)25-5-2-6-28(16-25)46-22-34(42)39-20-24-14-27(37)18-29(15-24)47-33-11-13-41(21-31(33)40-36(26)44)35(43)10-7-23-4-3-12-38-19-23/h2-6,8-9,12,14-19,31,33H,7,10-11,13,20-22H2,1H3,(H,39,42)(H,40,44)/t31-,33-/m1/s1. The number of piperidine rings is 1. The molecule has 3 heterocycles. The van der Waals surface area contributed by atoms with Crippen molar-refractivity contribution in [2.24, 2.45) is 0 Å². The van der Waals surface area contributed by atoms with Gasteiger partial charge in [0.1, 0.15) is 29.2 Å². The second kappa shape index (κ2) is 14.3. The number of ether oxygens (including phenoxy) is 3. The van der Waals surface area contributed by atoms with E-state index in [0.717, 1.165) is 11.1 Å². The van der Waals surface area contributed by atoms with Crippen LogP contribution in [0.15, 0.2) is 85.2 Å². The van der Waals surface area contributed by atoms with Crippen molar-refractivity contribution in [2.75, 3.05) is 26.8 Å². The van der Waals surface area contributed by atoms with Gasteiger partial charge >= 0.3 is 0 Å². The van der Waals surface area contributed by atoms with Gasteiger partial charge in [0, 0.05) is 62.1 Å². The summed E-state index contributed by atoms with van der Waals surface area (Å²) in [4.78, 5) is 45.6. The van der Waals surface area contributed by atoms with Gasteiger partial charge in [-0.1, -0.05) is 18.2 Å². The van der Waals surface area contributed by atoms with Crippen molar-refractivity contribution in [3.8, 4) is 28.4 Å². The first-order valence-electron chi connectivity index (χ1n) is 15.5. The van der Waals surface area contributed by atoms with Gasteiger partial charge in [-0.25, -0.2) is 4.39 Å². The highest BCUT2D eigenvalue weighted by molar-refractivity contribution is 5.96. The summed E-state index contributed by atoms with van der Waals surface area (Å²) in [7, 11) is 1.55. The molecule has 4 aromatic rings. The number of benzene rings is 3. The Labute approximate surface area is 271 Å². The lowest BCUT2D eigenvalue weighted by Crippen LogP contribution is -2.58. The number of nitrogens with zero attached hydrogens (tertiary/aromatic N) is 2. The smallest absolute Gasteiger partial charge is 0.258 e. The molecule has 1 fully saturated rings. The molecule has 2 aliphatic rings. The van der Waals surface area contributed by atoms with E-state index in [1.54, 1.807) is 66.9 Å². The number of hydrogen-bond donors (Lipinski definition) is 2. The fourth-order valence-electron chi connectivity index (χ4n) is 5.84. The van der Waals surface area contributed by atoms with Gasteiger partial charge in [0.2, 0.25) is 5.91 Å². The number of carbonyl (C=O) groups excluding carboxylic acids is 3. The first-order chi connectivity index (χ1) is 22.8. The van der Waals surface area contributed by atoms with E-state index in [-0.39, 0.29) is 43.2 Å². The number of rotatable bonds is 4. The molecule has 1 aromatic heterocycles. The van der Waals surface area contributed by atoms with Gasteiger partial charge in [-0.3, -0.25) is 19.4 Å². The number of fused-ring (bicyclic) bond motifs is 8. The third-order valence-corrected chi connectivity index (χ3v) is 8.25. The lowest BCUT2D eigenvalue weighted by atomic mass is 9.98. The van der Waals surface area contributed by atoms with Crippen molar-refractivity contribution in [2.45, 2.75) is 38.0 Å². The van der Waals surface area contributed by atoms with Crippen molar-refractivity contribution in [1.82, 2.24) is 20.5 Å². The molecule has 11 heteroatoms. The number of aryl methyl sites for hydroxylation is 1. The molecule has 0 unspecified atom stereocenters. The fraction of sp³-hybridized carbons (Fsp3) is 0.278. The SMILES string of the molecule is COc1ccc2cc1-c1cccc(c1)OCC(=O)NCc1cc(F)cc(c1)O[C@@H]1CCN(C(=O)CCc3cccnc3)C[C@H]1NC2=O. The van der Waals surface area contributed by atoms with Crippen LogP contribution in [-0.4, -0.2) is 66.6 Å². The number of halogens is 1. The largest absolute Gasteiger partial charge is 0.496 e. The van der Waals surface area contributed by atoms with Crippen molar-refractivity contribution < 1.29 is 33.0 Å². The molecule has 47 heavy (non-hydrogen) atoms. The highest BCUT2D eigenvalue weighted by atomic mass is 19.1. The number of hydrogen-bond acceptors (Lipinski definition) is 7. The Balaban J connectivity index is 1.31. The minimum Gasteiger partial charge on any atom is -0.496 e. The summed E-state index contributed by atoms with van der Waals surface area (Å²) in [6, 6.07) is 19.6. The van der Waals surface area contributed by atoms with Crippen LogP contribution in [0.25, 0.3) is 11.1 Å². The molecule has 242 valence electrons. The summed E-state index contributed by atoms with van der Waals surface area (Å²) in [6.07, 6.45) is 4.12. The maximum atomic E-state index is 14.7. The van der Waals surface area contributed by atoms with Gasteiger partial charge in [0.15, 0.2) is 6.61 Å². The second-order valence-electron chi connectivity index (χ2n) is 11.5. The molecular weight excluding hydrogens is 603 g/mol. The van der Waals surface area contributed by atoms with Crippen LogP contribution in [0.5, 0.6) is 17.2 Å². The van der Waals surface area contributed by atoms with Crippen LogP contribution in [-0.2, 0) is 22.6 Å². The number of methoxy groups -OCH3 is 1. The van der Waals surface area contributed by atoms with Crippen molar-refractivity contribution in [3.63, 3.8) is 0 Å². The molecule has 6 bridgehead atoms. The predicted molar refractivity (Wildman–Crippen MR) is 172 cm³/mol. The highest BCUT2D eigenvalue weighted by Gasteiger charge is 2.34. The van der Waals surface area contributed by atoms with E-state index in [1.807, 2.05) is 18.2 Å². The van der Waals surface area contributed by atoms with E-state index < -0.39 is 18.0 Å². The monoisotopic (exact) mass is 638 g/mol. The fourth-order valence-corrected chi connectivity index (χ4v) is 5.84. The Hall–Kier alpha value is -5.45. The quantitative estimate of drug-likeness (QED) is 0.342. The number of amides is 3. The molecule has 3 amide bonds. The number of carbonyl (C=O) groups is 3. The van der Waals surface area contributed by atoms with E-state index >= 15 is 0 Å². The maximum Gasteiger partial charge on any atom is 0.258 e. The lowest BCUT2D eigenvalue weighted by molar-refractivity contribution is -0.133. The van der Waals surface area contributed by atoms with Gasteiger partial charge in [0.25, 0.3) is 11.8 Å². The van der Waals surface area contributed by atoms with Crippen molar-refractivity contribution in [3.05, 3.63) is 108 Å². The van der Waals surface area contributed by atoms with Crippen molar-refractivity contribution >= 4 is 17.7 Å². The summed E-state index contributed by atoms with van der Waals surface area (Å²) >= 11 is 0. The topological polar surface area (TPSA) is 119 Å². The minimum atomic E-state index is -0.602. The van der Waals surface area contributed by atoms with Gasteiger partial charge in [-0.2, -0.15) is 0 Å². The Morgan fingerprint density at radius 2 is 1.94 bits per heavy atom. The van der Waals surface area contributed by atoms with Crippen LogP contribution in [0.4, 0.5) is 4.39 Å². The van der Waals surface area contributed by atoms with E-state index in [4.69, 9.17) is 14.2 Å². The average Bonchev–Trinajstić information content (AvgIpc) is 3.09. The summed E-state index contributed by atoms with van der Waals surface area (Å²) < 4.78 is 32.4. The Morgan fingerprint density at radius 1 is 1.04 bits per heavy atom. The van der Waals surface area contributed by atoms with Crippen LogP contribution in [0, 0.1) is 5.82 Å². The molecule has 0 radical (unpaired) electrons. The van der Waals surface area contributed by atoms with Gasteiger partial charge in [-0.15, -0.1) is 0 Å². The predicted octanol–water partition coefficient (Wildman–Crippen LogP) is 4.32. The zero-order chi connectivity index (χ0) is 32.8. The van der Waals surface area contributed by atoms with E-state index in [0.29, 0.717) is 54.0 Å². The third-order valence-electron chi connectivity index (χ3n) is 8.25. The number of nitrogens with one attached hydrogen (secondary N) is 2. The van der Waals surface area contributed by atoms with E-state index in [2.05, 4.69) is 15.6 Å². The van der Waals surface area contributed by atoms with Crippen molar-refractivity contribution in [1.29, 1.82) is 0 Å². The molecule has 0 saturated carbocycles. The van der Waals surface area contributed by atoms with E-state index in [9.17, 15) is 18.8 Å². The number of pyridine rings is 1. The molecule has 2 atom stereocenters. The van der Waals surface area contributed by atoms with E-state index in [1.165, 1.54) is 12.1 Å². The Bertz CT molecular complexity index is 1770. The Kier molecular flexibility index (Phi) is 9.61. The average molecular weight is 639 g/mol. The maximum absolute atomic E-state index is 14.7. The summed E-state index contributed by atoms with van der Waals surface area (Å²) in [6.45, 7) is 0.430. The molecular formula is C36H35FN4O6. The molecule has 2 N–H and O–H groups in total. The molecule has 10 nitrogen and oxygen atoms in total. The molecule has 6 rings (SSSR count). The molecule has 0 aliphatic carbocycles. The number of aromatic nitrogens is 1. The van der Waals surface area contributed by atoms with Crippen LogP contribution >= 0.6 is 0 Å². The van der Waals surface area contributed by atoms with Crippen LogP contribution < -0.4 is 24.8 Å². The molecule has 3 aromatic carbocycles. The van der Waals surface area contributed by atoms with Gasteiger partial charge in [-0.05, 0) is 71.6 Å². The molecule has 0 spiro atoms. The van der Waals surface area contributed by atoms with Crippen LogP contribution in [0.1, 0.15) is 34.3 Å². The lowest BCUT2D eigenvalue weighted by Gasteiger charge is -2.39. The zero-order valence-corrected chi connectivity index (χ0v) is 25.9. The zero-order valence-electron chi connectivity index (χ0n) is 25.9. The first kappa shape index (κ1) is 31.5. The summed E-state index contributed by atoms with van der Waals surface area (Å²) in [5.41, 5.74) is 3.22. The van der Waals surface area contributed by atoms with Crippen LogP contribution in [0.2, 0.25) is 0 Å². The molecule has 2 aliphatic heterocycles. The summed E-state index contributed by atoms with van der Waals surface area (Å²) in [5, 5.41) is 5.85. The third kappa shape index (κ3) is 7.86. The summed E-state index contributed by atoms with van der Waals surface area (Å²) in [5.74, 6) is -0.0612. The number of likely N-dealkylation sites (tertiary alicyclic amines) is 1.